The van der Waals surface area contributed by atoms with E-state index in [2.05, 4.69) is 24.1 Å². The van der Waals surface area contributed by atoms with Crippen molar-refractivity contribution in [1.29, 1.82) is 0 Å². The van der Waals surface area contributed by atoms with Gasteiger partial charge in [-0.1, -0.05) is 13.8 Å². The molecule has 0 aromatic rings. The van der Waals surface area contributed by atoms with E-state index in [9.17, 15) is 4.79 Å². The van der Waals surface area contributed by atoms with Crippen LogP contribution in [0.1, 0.15) is 34.1 Å². The number of nitrogens with zero attached hydrogens (tertiary/aromatic N) is 1. The largest absolute Gasteiger partial charge is 0.354 e. The summed E-state index contributed by atoms with van der Waals surface area (Å²) in [5.74, 6) is 0.641. The number of likely N-dealkylation sites (tertiary alicyclic amines) is 1. The number of hydrogen-bond donors (Lipinski definition) is 2. The lowest BCUT2D eigenvalue weighted by Crippen LogP contribution is -2.70. The normalized spacial score (nSPS) is 19.9. The quantitative estimate of drug-likeness (QED) is 0.722. The third kappa shape index (κ3) is 3.46. The summed E-state index contributed by atoms with van der Waals surface area (Å²) in [7, 11) is 0. The molecule has 1 rings (SSSR count). The van der Waals surface area contributed by atoms with Crippen LogP contribution in [0.4, 0.5) is 0 Å². The Morgan fingerprint density at radius 2 is 1.94 bits per heavy atom. The first-order valence-electron chi connectivity index (χ1n) is 6.14. The van der Waals surface area contributed by atoms with E-state index in [1.165, 1.54) is 0 Å². The van der Waals surface area contributed by atoms with E-state index < -0.39 is 0 Å². The van der Waals surface area contributed by atoms with Gasteiger partial charge in [0.2, 0.25) is 5.91 Å². The van der Waals surface area contributed by atoms with E-state index in [1.807, 2.05) is 13.8 Å². The lowest BCUT2D eigenvalue weighted by Gasteiger charge is -2.50. The van der Waals surface area contributed by atoms with Gasteiger partial charge in [-0.2, -0.15) is 0 Å². The number of hydrogen-bond acceptors (Lipinski definition) is 3. The molecule has 1 saturated heterocycles. The standard InChI is InChI=1S/C12H25N3O/c1-9(2)12(13)7-15(8-12)6-5-11(16)14-10(3)4/h9-10H,5-8,13H2,1-4H3,(H,14,16). The van der Waals surface area contributed by atoms with E-state index in [0.29, 0.717) is 12.3 Å². The molecule has 0 bridgehead atoms. The number of amides is 1. The minimum Gasteiger partial charge on any atom is -0.354 e. The van der Waals surface area contributed by atoms with Gasteiger partial charge in [0.15, 0.2) is 0 Å². The first kappa shape index (κ1) is 13.5. The number of carbonyl (C=O) groups is 1. The molecule has 0 aromatic carbocycles. The first-order chi connectivity index (χ1) is 7.33. The average molecular weight is 227 g/mol. The molecule has 1 fully saturated rings. The number of nitrogens with two attached hydrogens (primary N) is 1. The van der Waals surface area contributed by atoms with Crippen LogP contribution < -0.4 is 11.1 Å². The molecule has 0 atom stereocenters. The van der Waals surface area contributed by atoms with Crippen molar-refractivity contribution in [3.63, 3.8) is 0 Å². The monoisotopic (exact) mass is 227 g/mol. The zero-order valence-electron chi connectivity index (χ0n) is 10.9. The third-order valence-corrected chi connectivity index (χ3v) is 3.29. The molecule has 0 aliphatic carbocycles. The van der Waals surface area contributed by atoms with Crippen molar-refractivity contribution in [2.75, 3.05) is 19.6 Å². The maximum atomic E-state index is 11.4. The highest BCUT2D eigenvalue weighted by Crippen LogP contribution is 2.25. The van der Waals surface area contributed by atoms with Gasteiger partial charge in [0.25, 0.3) is 0 Å². The van der Waals surface area contributed by atoms with Crippen LogP contribution in [0.2, 0.25) is 0 Å². The molecule has 94 valence electrons. The van der Waals surface area contributed by atoms with Gasteiger partial charge in [0.1, 0.15) is 0 Å². The van der Waals surface area contributed by atoms with E-state index in [-0.39, 0.29) is 17.5 Å². The molecular formula is C12H25N3O. The van der Waals surface area contributed by atoms with Gasteiger partial charge in [-0.25, -0.2) is 0 Å². The van der Waals surface area contributed by atoms with Gasteiger partial charge in [0.05, 0.1) is 0 Å². The zero-order valence-corrected chi connectivity index (χ0v) is 10.9. The first-order valence-corrected chi connectivity index (χ1v) is 6.14. The molecule has 0 spiro atoms. The van der Waals surface area contributed by atoms with Crippen LogP contribution in [0, 0.1) is 5.92 Å². The van der Waals surface area contributed by atoms with Gasteiger partial charge in [0, 0.05) is 37.6 Å². The third-order valence-electron chi connectivity index (χ3n) is 3.29. The molecular weight excluding hydrogens is 202 g/mol. The Morgan fingerprint density at radius 3 is 2.38 bits per heavy atom. The molecule has 4 heteroatoms. The fourth-order valence-electron chi connectivity index (χ4n) is 1.96. The Bertz CT molecular complexity index is 245. The fraction of sp³-hybridized carbons (Fsp3) is 0.917. The topological polar surface area (TPSA) is 58.4 Å². The smallest absolute Gasteiger partial charge is 0.221 e. The molecule has 1 amide bonds. The van der Waals surface area contributed by atoms with Gasteiger partial charge >= 0.3 is 0 Å². The van der Waals surface area contributed by atoms with Crippen LogP contribution in [0.5, 0.6) is 0 Å². The zero-order chi connectivity index (χ0) is 12.3. The Morgan fingerprint density at radius 1 is 1.38 bits per heavy atom. The van der Waals surface area contributed by atoms with Crippen molar-refractivity contribution >= 4 is 5.91 Å². The Balaban J connectivity index is 2.16. The van der Waals surface area contributed by atoms with Gasteiger partial charge in [-0.3, -0.25) is 9.69 Å². The molecule has 0 saturated carbocycles. The molecule has 1 aliphatic rings. The number of nitrogens with one attached hydrogen (secondary N) is 1. The highest BCUT2D eigenvalue weighted by atomic mass is 16.1. The van der Waals surface area contributed by atoms with E-state index in [0.717, 1.165) is 19.6 Å². The highest BCUT2D eigenvalue weighted by molar-refractivity contribution is 5.76. The average Bonchev–Trinajstić information content (AvgIpc) is 2.08. The van der Waals surface area contributed by atoms with Gasteiger partial charge in [-0.15, -0.1) is 0 Å². The SMILES string of the molecule is CC(C)NC(=O)CCN1CC(N)(C(C)C)C1. The summed E-state index contributed by atoms with van der Waals surface area (Å²) in [5, 5.41) is 2.89. The lowest BCUT2D eigenvalue weighted by molar-refractivity contribution is -0.122. The summed E-state index contributed by atoms with van der Waals surface area (Å²) in [6.45, 7) is 10.9. The number of rotatable bonds is 5. The molecule has 3 N–H and O–H groups in total. The van der Waals surface area contributed by atoms with Crippen molar-refractivity contribution in [2.24, 2.45) is 11.7 Å². The second kappa shape index (κ2) is 5.15. The lowest BCUT2D eigenvalue weighted by atomic mass is 9.80. The van der Waals surface area contributed by atoms with Crippen molar-refractivity contribution in [3.8, 4) is 0 Å². The highest BCUT2D eigenvalue weighted by Gasteiger charge is 2.41. The van der Waals surface area contributed by atoms with Crippen molar-refractivity contribution in [2.45, 2.75) is 45.7 Å². The van der Waals surface area contributed by atoms with Crippen LogP contribution in [-0.2, 0) is 4.79 Å². The van der Waals surface area contributed by atoms with Crippen molar-refractivity contribution < 1.29 is 4.79 Å². The van der Waals surface area contributed by atoms with E-state index in [4.69, 9.17) is 5.73 Å². The number of carbonyl (C=O) groups excluding carboxylic acids is 1. The summed E-state index contributed by atoms with van der Waals surface area (Å²) in [6, 6.07) is 0.230. The van der Waals surface area contributed by atoms with Gasteiger partial charge in [-0.05, 0) is 19.8 Å². The molecule has 0 unspecified atom stereocenters. The van der Waals surface area contributed by atoms with E-state index in [1.54, 1.807) is 0 Å². The molecule has 1 heterocycles. The molecule has 0 radical (unpaired) electrons. The van der Waals surface area contributed by atoms with Crippen LogP contribution in [0.15, 0.2) is 0 Å². The minimum absolute atomic E-state index is 0.0332. The molecule has 4 nitrogen and oxygen atoms in total. The second-order valence-electron chi connectivity index (χ2n) is 5.57. The Labute approximate surface area is 98.6 Å². The molecule has 0 aromatic heterocycles. The summed E-state index contributed by atoms with van der Waals surface area (Å²) in [6.07, 6.45) is 0.576. The second-order valence-corrected chi connectivity index (χ2v) is 5.57. The Hall–Kier alpha value is -0.610. The summed E-state index contributed by atoms with van der Waals surface area (Å²) < 4.78 is 0. The van der Waals surface area contributed by atoms with Crippen LogP contribution in [0.3, 0.4) is 0 Å². The maximum absolute atomic E-state index is 11.4. The fourth-order valence-corrected chi connectivity index (χ4v) is 1.96. The van der Waals surface area contributed by atoms with Crippen LogP contribution >= 0.6 is 0 Å². The summed E-state index contributed by atoms with van der Waals surface area (Å²) in [5.41, 5.74) is 6.15. The van der Waals surface area contributed by atoms with Crippen molar-refractivity contribution in [1.82, 2.24) is 10.2 Å². The molecule has 16 heavy (non-hydrogen) atoms. The maximum Gasteiger partial charge on any atom is 0.221 e. The van der Waals surface area contributed by atoms with Crippen LogP contribution in [-0.4, -0.2) is 42.0 Å². The summed E-state index contributed by atoms with van der Waals surface area (Å²) >= 11 is 0. The van der Waals surface area contributed by atoms with Crippen LogP contribution in [0.25, 0.3) is 0 Å². The molecule has 1 aliphatic heterocycles. The predicted octanol–water partition coefficient (Wildman–Crippen LogP) is 0.570. The summed E-state index contributed by atoms with van der Waals surface area (Å²) in [4.78, 5) is 13.7. The van der Waals surface area contributed by atoms with Crippen molar-refractivity contribution in [3.05, 3.63) is 0 Å². The van der Waals surface area contributed by atoms with Gasteiger partial charge < -0.3 is 11.1 Å². The predicted molar refractivity (Wildman–Crippen MR) is 66.1 cm³/mol. The van der Waals surface area contributed by atoms with E-state index >= 15 is 0 Å². The minimum atomic E-state index is -0.0332. The Kier molecular flexibility index (Phi) is 4.33.